The highest BCUT2D eigenvalue weighted by Crippen LogP contribution is 2.28. The van der Waals surface area contributed by atoms with E-state index in [-0.39, 0.29) is 29.5 Å². The molecule has 34 heavy (non-hydrogen) atoms. The maximum atomic E-state index is 13.0. The molecule has 0 radical (unpaired) electrons. The van der Waals surface area contributed by atoms with Gasteiger partial charge in [-0.05, 0) is 48.4 Å². The number of halogens is 2. The van der Waals surface area contributed by atoms with Gasteiger partial charge in [0.1, 0.15) is 5.75 Å². The molecule has 0 saturated heterocycles. The van der Waals surface area contributed by atoms with Gasteiger partial charge in [0.05, 0.1) is 16.6 Å². The van der Waals surface area contributed by atoms with Crippen LogP contribution in [0.4, 0.5) is 0 Å². The van der Waals surface area contributed by atoms with E-state index in [1.165, 1.54) is 11.6 Å². The Hall–Kier alpha value is -3.36. The first kappa shape index (κ1) is 23.8. The van der Waals surface area contributed by atoms with Crippen molar-refractivity contribution in [1.82, 2.24) is 18.7 Å². The molecule has 8 nitrogen and oxygen atoms in total. The predicted octanol–water partition coefficient (Wildman–Crippen LogP) is 4.56. The standard InChI is InChI=1S/C24H22Cl2N4O4/c1-4-5-19(31)15-7-9-16(10-8-15)34-23-27-21-20(22(32)29(3)24(33)28(21)2)30(23)13-14-6-11-17(25)18(26)12-14/h6-12H,4-5,13H2,1-3H3. The Labute approximate surface area is 204 Å². The molecular weight excluding hydrogens is 479 g/mol. The van der Waals surface area contributed by atoms with E-state index in [1.54, 1.807) is 54.1 Å². The van der Waals surface area contributed by atoms with Crippen LogP contribution >= 0.6 is 23.2 Å². The second-order valence-corrected chi connectivity index (χ2v) is 8.72. The zero-order valence-corrected chi connectivity index (χ0v) is 20.4. The number of rotatable bonds is 7. The molecule has 0 atom stereocenters. The highest BCUT2D eigenvalue weighted by atomic mass is 35.5. The number of imidazole rings is 1. The molecule has 4 aromatic rings. The van der Waals surface area contributed by atoms with Gasteiger partial charge in [0, 0.05) is 26.1 Å². The number of carbonyl (C=O) groups excluding carboxylic acids is 1. The van der Waals surface area contributed by atoms with Gasteiger partial charge in [-0.3, -0.25) is 23.3 Å². The number of hydrogen-bond acceptors (Lipinski definition) is 5. The molecular formula is C24H22Cl2N4O4. The lowest BCUT2D eigenvalue weighted by Gasteiger charge is -2.11. The second-order valence-electron chi connectivity index (χ2n) is 7.91. The first-order valence-corrected chi connectivity index (χ1v) is 11.4. The Morgan fingerprint density at radius 3 is 2.35 bits per heavy atom. The van der Waals surface area contributed by atoms with Gasteiger partial charge in [-0.1, -0.05) is 36.2 Å². The molecule has 0 bridgehead atoms. The zero-order chi connectivity index (χ0) is 24.6. The van der Waals surface area contributed by atoms with Crippen LogP contribution in [0.15, 0.2) is 52.1 Å². The molecule has 2 aromatic heterocycles. The maximum absolute atomic E-state index is 13.0. The van der Waals surface area contributed by atoms with Crippen LogP contribution in [0.3, 0.4) is 0 Å². The lowest BCUT2D eigenvalue weighted by Crippen LogP contribution is -2.37. The van der Waals surface area contributed by atoms with Crippen molar-refractivity contribution in [2.75, 3.05) is 0 Å². The van der Waals surface area contributed by atoms with E-state index in [0.29, 0.717) is 27.8 Å². The Balaban J connectivity index is 1.83. The molecule has 0 spiro atoms. The van der Waals surface area contributed by atoms with E-state index in [4.69, 9.17) is 27.9 Å². The summed E-state index contributed by atoms with van der Waals surface area (Å²) in [6, 6.07) is 12.0. The molecule has 2 heterocycles. The summed E-state index contributed by atoms with van der Waals surface area (Å²) in [5.74, 6) is 0.486. The number of hydrogen-bond donors (Lipinski definition) is 0. The van der Waals surface area contributed by atoms with Crippen LogP contribution in [0.5, 0.6) is 11.8 Å². The number of nitrogens with zero attached hydrogens (tertiary/aromatic N) is 4. The zero-order valence-electron chi connectivity index (χ0n) is 18.8. The summed E-state index contributed by atoms with van der Waals surface area (Å²) in [7, 11) is 2.95. The second kappa shape index (κ2) is 9.48. The van der Waals surface area contributed by atoms with Crippen molar-refractivity contribution in [3.8, 4) is 11.8 Å². The average Bonchev–Trinajstić information content (AvgIpc) is 3.17. The number of fused-ring (bicyclic) bond motifs is 1. The third kappa shape index (κ3) is 4.38. The first-order valence-electron chi connectivity index (χ1n) is 10.6. The molecule has 0 aliphatic rings. The smallest absolute Gasteiger partial charge is 0.332 e. The fourth-order valence-corrected chi connectivity index (χ4v) is 3.98. The molecule has 0 N–H and O–H groups in total. The van der Waals surface area contributed by atoms with Gasteiger partial charge >= 0.3 is 11.7 Å². The molecule has 176 valence electrons. The minimum atomic E-state index is -0.499. The normalized spacial score (nSPS) is 11.2. The monoisotopic (exact) mass is 500 g/mol. The molecule has 0 fully saturated rings. The van der Waals surface area contributed by atoms with Crippen molar-refractivity contribution in [3.63, 3.8) is 0 Å². The van der Waals surface area contributed by atoms with Crippen LogP contribution in [0.1, 0.15) is 35.7 Å². The highest BCUT2D eigenvalue weighted by Gasteiger charge is 2.21. The molecule has 0 aliphatic carbocycles. The number of Topliss-reactive ketones (excluding diaryl/α,β-unsaturated/α-hetero) is 1. The summed E-state index contributed by atoms with van der Waals surface area (Å²) >= 11 is 12.2. The van der Waals surface area contributed by atoms with Crippen LogP contribution < -0.4 is 16.0 Å². The van der Waals surface area contributed by atoms with Crippen molar-refractivity contribution < 1.29 is 9.53 Å². The number of carbonyl (C=O) groups is 1. The van der Waals surface area contributed by atoms with E-state index in [9.17, 15) is 14.4 Å². The van der Waals surface area contributed by atoms with Gasteiger partial charge in [-0.25, -0.2) is 4.79 Å². The average molecular weight is 501 g/mol. The summed E-state index contributed by atoms with van der Waals surface area (Å²) < 4.78 is 9.93. The maximum Gasteiger partial charge on any atom is 0.332 e. The van der Waals surface area contributed by atoms with Crippen molar-refractivity contribution in [3.05, 3.63) is 84.5 Å². The van der Waals surface area contributed by atoms with E-state index in [1.807, 2.05) is 6.92 Å². The highest BCUT2D eigenvalue weighted by molar-refractivity contribution is 6.42. The van der Waals surface area contributed by atoms with E-state index in [2.05, 4.69) is 4.98 Å². The predicted molar refractivity (Wildman–Crippen MR) is 132 cm³/mol. The number of aryl methyl sites for hydroxylation is 1. The molecule has 0 amide bonds. The molecule has 0 aliphatic heterocycles. The third-order valence-corrected chi connectivity index (χ3v) is 6.24. The molecule has 0 saturated carbocycles. The molecule has 10 heteroatoms. The first-order chi connectivity index (χ1) is 16.2. The number of ether oxygens (including phenoxy) is 1. The summed E-state index contributed by atoms with van der Waals surface area (Å²) in [5, 5.41) is 0.784. The van der Waals surface area contributed by atoms with Gasteiger partial charge < -0.3 is 4.74 Å². The SMILES string of the molecule is CCCC(=O)c1ccc(Oc2nc3c(c(=O)n(C)c(=O)n3C)n2Cc2ccc(Cl)c(Cl)c2)cc1. The summed E-state index contributed by atoms with van der Waals surface area (Å²) in [6.07, 6.45) is 1.24. The van der Waals surface area contributed by atoms with Crippen molar-refractivity contribution >= 4 is 40.1 Å². The lowest BCUT2D eigenvalue weighted by molar-refractivity contribution is 0.0981. The van der Waals surface area contributed by atoms with E-state index in [0.717, 1.165) is 16.6 Å². The number of aromatic nitrogens is 4. The van der Waals surface area contributed by atoms with Crippen LogP contribution in [-0.2, 0) is 20.6 Å². The Morgan fingerprint density at radius 1 is 1.00 bits per heavy atom. The summed E-state index contributed by atoms with van der Waals surface area (Å²) in [4.78, 5) is 42.1. The summed E-state index contributed by atoms with van der Waals surface area (Å²) in [5.41, 5.74) is 0.756. The van der Waals surface area contributed by atoms with Crippen LogP contribution in [0, 0.1) is 0 Å². The van der Waals surface area contributed by atoms with Crippen LogP contribution in [0.25, 0.3) is 11.2 Å². The van der Waals surface area contributed by atoms with Crippen LogP contribution in [-0.4, -0.2) is 24.5 Å². The third-order valence-electron chi connectivity index (χ3n) is 5.50. The quantitative estimate of drug-likeness (QED) is 0.347. The molecule has 4 rings (SSSR count). The van der Waals surface area contributed by atoms with Gasteiger partial charge in [0.25, 0.3) is 5.56 Å². The Kier molecular flexibility index (Phi) is 6.63. The number of ketones is 1. The van der Waals surface area contributed by atoms with E-state index < -0.39 is 11.2 Å². The minimum absolute atomic E-state index is 0.0550. The van der Waals surface area contributed by atoms with E-state index >= 15 is 0 Å². The van der Waals surface area contributed by atoms with Crippen molar-refractivity contribution in [2.45, 2.75) is 26.3 Å². The fourth-order valence-electron chi connectivity index (χ4n) is 3.66. The van der Waals surface area contributed by atoms with Crippen molar-refractivity contribution in [2.24, 2.45) is 14.1 Å². The molecule has 2 aromatic carbocycles. The Morgan fingerprint density at radius 2 is 1.71 bits per heavy atom. The summed E-state index contributed by atoms with van der Waals surface area (Å²) in [6.45, 7) is 2.15. The van der Waals surface area contributed by atoms with Gasteiger partial charge in [-0.15, -0.1) is 0 Å². The lowest BCUT2D eigenvalue weighted by atomic mass is 10.1. The van der Waals surface area contributed by atoms with Gasteiger partial charge in [-0.2, -0.15) is 4.98 Å². The topological polar surface area (TPSA) is 88.1 Å². The largest absolute Gasteiger partial charge is 0.425 e. The van der Waals surface area contributed by atoms with Crippen molar-refractivity contribution in [1.29, 1.82) is 0 Å². The van der Waals surface area contributed by atoms with Crippen LogP contribution in [0.2, 0.25) is 10.0 Å². The Bertz CT molecular complexity index is 1520. The van der Waals surface area contributed by atoms with Gasteiger partial charge in [0.2, 0.25) is 0 Å². The molecule has 0 unspecified atom stereocenters. The number of benzene rings is 2. The minimum Gasteiger partial charge on any atom is -0.425 e. The van der Waals surface area contributed by atoms with Gasteiger partial charge in [0.15, 0.2) is 16.9 Å². The fraction of sp³-hybridized carbons (Fsp3) is 0.250.